The van der Waals surface area contributed by atoms with Gasteiger partial charge in [-0.1, -0.05) is 23.4 Å². The van der Waals surface area contributed by atoms with Crippen molar-refractivity contribution >= 4 is 28.0 Å². The third-order valence-electron chi connectivity index (χ3n) is 5.35. The summed E-state index contributed by atoms with van der Waals surface area (Å²) in [6.45, 7) is 8.99. The van der Waals surface area contributed by atoms with Crippen LogP contribution in [0.25, 0.3) is 17.0 Å². The minimum Gasteiger partial charge on any atom is -0.382 e. The highest BCUT2D eigenvalue weighted by Crippen LogP contribution is 2.28. The Morgan fingerprint density at radius 3 is 2.46 bits per heavy atom. The van der Waals surface area contributed by atoms with E-state index in [4.69, 9.17) is 10.3 Å². The lowest BCUT2D eigenvalue weighted by atomic mass is 10.1. The number of aliphatic imine (C=N–C) groups is 2. The van der Waals surface area contributed by atoms with Crippen LogP contribution in [0.3, 0.4) is 0 Å². The highest BCUT2D eigenvalue weighted by molar-refractivity contribution is 7.92. The topological polar surface area (TPSA) is 123 Å². The van der Waals surface area contributed by atoms with E-state index in [0.29, 0.717) is 17.8 Å². The molecule has 0 aliphatic heterocycles. The zero-order chi connectivity index (χ0) is 25.8. The van der Waals surface area contributed by atoms with Gasteiger partial charge in [0.25, 0.3) is 0 Å². The smallest absolute Gasteiger partial charge is 0.189 e. The second-order valence-electron chi connectivity index (χ2n) is 8.13. The highest BCUT2D eigenvalue weighted by Gasteiger charge is 2.20. The molecule has 0 spiro atoms. The van der Waals surface area contributed by atoms with Gasteiger partial charge in [-0.3, -0.25) is 0 Å². The first-order valence-electron chi connectivity index (χ1n) is 10.8. The molecule has 10 heteroatoms. The first kappa shape index (κ1) is 26.0. The molecule has 0 radical (unpaired) electrons. The van der Waals surface area contributed by atoms with Crippen molar-refractivity contribution in [2.45, 2.75) is 37.5 Å². The van der Waals surface area contributed by atoms with E-state index in [1.165, 1.54) is 24.3 Å². The Hall–Kier alpha value is -3.63. The van der Waals surface area contributed by atoms with Gasteiger partial charge in [-0.05, 0) is 69.9 Å². The molecule has 2 aromatic carbocycles. The lowest BCUT2D eigenvalue weighted by Crippen LogP contribution is -2.14. The van der Waals surface area contributed by atoms with Gasteiger partial charge in [0.1, 0.15) is 11.5 Å². The SMILES string of the molecule is C=N/C(N)=C(\N=C(/C)c1ccc(S(=O)(=O)C(C)C)cc1)c1cc(-c2ccc(CNC)cc2F)no1. The van der Waals surface area contributed by atoms with Gasteiger partial charge >= 0.3 is 0 Å². The second kappa shape index (κ2) is 10.7. The largest absolute Gasteiger partial charge is 0.382 e. The number of hydrogen-bond donors (Lipinski definition) is 2. The van der Waals surface area contributed by atoms with Crippen molar-refractivity contribution < 1.29 is 17.3 Å². The molecule has 8 nitrogen and oxygen atoms in total. The Labute approximate surface area is 204 Å². The van der Waals surface area contributed by atoms with Gasteiger partial charge in [-0.2, -0.15) is 0 Å². The molecule has 184 valence electrons. The molecule has 0 bridgehead atoms. The summed E-state index contributed by atoms with van der Waals surface area (Å²) in [5.41, 5.74) is 8.73. The molecule has 3 N–H and O–H groups in total. The summed E-state index contributed by atoms with van der Waals surface area (Å²) in [4.78, 5) is 8.53. The number of nitrogens with zero attached hydrogens (tertiary/aromatic N) is 3. The summed E-state index contributed by atoms with van der Waals surface area (Å²) in [6, 6.07) is 12.8. The maximum absolute atomic E-state index is 14.6. The fourth-order valence-corrected chi connectivity index (χ4v) is 4.36. The minimum absolute atomic E-state index is 0.00380. The number of benzene rings is 2. The summed E-state index contributed by atoms with van der Waals surface area (Å²) in [5.74, 6) is -0.257. The van der Waals surface area contributed by atoms with E-state index in [-0.39, 0.29) is 33.4 Å². The molecular formula is C25H28FN5O3S. The van der Waals surface area contributed by atoms with Crippen LogP contribution >= 0.6 is 0 Å². The number of hydrogen-bond acceptors (Lipinski definition) is 8. The number of aromatic nitrogens is 1. The molecule has 0 aliphatic carbocycles. The van der Waals surface area contributed by atoms with Gasteiger partial charge in [0, 0.05) is 23.9 Å². The average Bonchev–Trinajstić information content (AvgIpc) is 3.31. The van der Waals surface area contributed by atoms with Crippen molar-refractivity contribution in [3.8, 4) is 11.3 Å². The quantitative estimate of drug-likeness (QED) is 0.428. The Morgan fingerprint density at radius 1 is 1.20 bits per heavy atom. The Bertz CT molecular complexity index is 1390. The fraction of sp³-hybridized carbons (Fsp3) is 0.240. The molecule has 0 atom stereocenters. The first-order chi connectivity index (χ1) is 16.6. The summed E-state index contributed by atoms with van der Waals surface area (Å²) in [6.07, 6.45) is 0. The van der Waals surface area contributed by atoms with E-state index in [9.17, 15) is 12.8 Å². The average molecular weight is 498 g/mol. The van der Waals surface area contributed by atoms with E-state index in [2.05, 4.69) is 27.2 Å². The molecule has 0 saturated heterocycles. The minimum atomic E-state index is -3.39. The normalized spacial score (nSPS) is 13.1. The van der Waals surface area contributed by atoms with Crippen LogP contribution in [0.2, 0.25) is 0 Å². The maximum atomic E-state index is 14.6. The second-order valence-corrected chi connectivity index (χ2v) is 10.6. The molecule has 0 unspecified atom stereocenters. The summed E-state index contributed by atoms with van der Waals surface area (Å²) >= 11 is 0. The van der Waals surface area contributed by atoms with Crippen molar-refractivity contribution in [1.29, 1.82) is 0 Å². The molecule has 1 aromatic heterocycles. The van der Waals surface area contributed by atoms with Crippen molar-refractivity contribution in [1.82, 2.24) is 10.5 Å². The van der Waals surface area contributed by atoms with Crippen molar-refractivity contribution in [2.24, 2.45) is 15.7 Å². The molecular weight excluding hydrogens is 469 g/mol. The molecule has 0 fully saturated rings. The van der Waals surface area contributed by atoms with Gasteiger partial charge in [0.15, 0.2) is 27.1 Å². The van der Waals surface area contributed by atoms with E-state index in [1.807, 2.05) is 0 Å². The molecule has 0 saturated carbocycles. The summed E-state index contributed by atoms with van der Waals surface area (Å²) in [5, 5.41) is 6.42. The number of nitrogens with two attached hydrogens (primary N) is 1. The number of halogens is 1. The van der Waals surface area contributed by atoms with Crippen LogP contribution in [0, 0.1) is 5.82 Å². The summed E-state index contributed by atoms with van der Waals surface area (Å²) < 4.78 is 44.8. The zero-order valence-electron chi connectivity index (χ0n) is 20.0. The van der Waals surface area contributed by atoms with Crippen LogP contribution in [0.5, 0.6) is 0 Å². The predicted octanol–water partition coefficient (Wildman–Crippen LogP) is 4.18. The van der Waals surface area contributed by atoms with E-state index < -0.39 is 20.9 Å². The highest BCUT2D eigenvalue weighted by atomic mass is 32.2. The molecule has 0 amide bonds. The van der Waals surface area contributed by atoms with Gasteiger partial charge in [-0.25, -0.2) is 22.8 Å². The van der Waals surface area contributed by atoms with Gasteiger partial charge in [0.2, 0.25) is 0 Å². The van der Waals surface area contributed by atoms with Crippen molar-refractivity contribution in [3.63, 3.8) is 0 Å². The van der Waals surface area contributed by atoms with Crippen LogP contribution in [0.4, 0.5) is 4.39 Å². The first-order valence-corrected chi connectivity index (χ1v) is 12.4. The standard InChI is InChI=1S/C25H28FN5O3S/c1-15(2)35(32,33)19-9-7-18(8-10-19)16(3)30-24(25(27)29-5)23-13-22(31-34-23)20-11-6-17(14-28-4)12-21(20)26/h6-13,15,28H,5,14,27H2,1-4H3/b25-24-,30-16+. The van der Waals surface area contributed by atoms with Crippen LogP contribution in [-0.2, 0) is 16.4 Å². The molecule has 1 heterocycles. The monoisotopic (exact) mass is 497 g/mol. The lowest BCUT2D eigenvalue weighted by molar-refractivity contribution is 0.411. The van der Waals surface area contributed by atoms with E-state index >= 15 is 0 Å². The van der Waals surface area contributed by atoms with Crippen LogP contribution in [0.15, 0.2) is 73.8 Å². The number of rotatable bonds is 9. The lowest BCUT2D eigenvalue weighted by Gasteiger charge is -2.09. The molecule has 3 aromatic rings. The zero-order valence-corrected chi connectivity index (χ0v) is 20.9. The van der Waals surface area contributed by atoms with Gasteiger partial charge < -0.3 is 15.6 Å². The Morgan fingerprint density at radius 2 is 1.89 bits per heavy atom. The number of nitrogens with one attached hydrogen (secondary N) is 1. The third kappa shape index (κ3) is 5.72. The number of sulfone groups is 1. The Kier molecular flexibility index (Phi) is 7.98. The van der Waals surface area contributed by atoms with Gasteiger partial charge in [0.05, 0.1) is 10.1 Å². The van der Waals surface area contributed by atoms with E-state index in [1.54, 1.807) is 52.1 Å². The van der Waals surface area contributed by atoms with Crippen LogP contribution < -0.4 is 11.1 Å². The maximum Gasteiger partial charge on any atom is 0.189 e. The van der Waals surface area contributed by atoms with Crippen molar-refractivity contribution in [2.75, 3.05) is 7.05 Å². The van der Waals surface area contributed by atoms with E-state index in [0.717, 1.165) is 5.56 Å². The molecule has 3 rings (SSSR count). The fourth-order valence-electron chi connectivity index (χ4n) is 3.30. The molecule has 35 heavy (non-hydrogen) atoms. The van der Waals surface area contributed by atoms with Gasteiger partial charge in [-0.15, -0.1) is 0 Å². The molecule has 0 aliphatic rings. The van der Waals surface area contributed by atoms with Crippen LogP contribution in [0.1, 0.15) is 37.7 Å². The summed E-state index contributed by atoms with van der Waals surface area (Å²) in [7, 11) is -1.60. The predicted molar refractivity (Wildman–Crippen MR) is 136 cm³/mol. The van der Waals surface area contributed by atoms with Crippen molar-refractivity contribution in [3.05, 3.63) is 77.1 Å². The third-order valence-corrected chi connectivity index (χ3v) is 7.52. The van der Waals surface area contributed by atoms with Crippen LogP contribution in [-0.4, -0.2) is 38.3 Å². The Balaban J connectivity index is 1.96.